The van der Waals surface area contributed by atoms with Gasteiger partial charge in [0.15, 0.2) is 0 Å². The molecule has 0 radical (unpaired) electrons. The number of benzene rings is 1. The minimum Gasteiger partial charge on any atom is -0.334 e. The van der Waals surface area contributed by atoms with Crippen molar-refractivity contribution in [3.8, 4) is 0 Å². The molecule has 6 heteroatoms. The highest BCUT2D eigenvalue weighted by atomic mass is 16.2. The largest absolute Gasteiger partial charge is 0.334 e. The molecule has 0 spiro atoms. The Bertz CT molecular complexity index is 939. The molecule has 2 N–H and O–H groups in total. The highest BCUT2D eigenvalue weighted by molar-refractivity contribution is 5.94. The first-order valence-electron chi connectivity index (χ1n) is 8.27. The fourth-order valence-corrected chi connectivity index (χ4v) is 3.19. The van der Waals surface area contributed by atoms with Crippen molar-refractivity contribution in [2.45, 2.75) is 19.4 Å². The van der Waals surface area contributed by atoms with Crippen LogP contribution in [0.15, 0.2) is 53.5 Å². The van der Waals surface area contributed by atoms with E-state index in [1.165, 1.54) is 17.8 Å². The van der Waals surface area contributed by atoms with Crippen LogP contribution in [0.25, 0.3) is 0 Å². The van der Waals surface area contributed by atoms with E-state index in [2.05, 4.69) is 27.3 Å². The number of hydrogen-bond donors (Lipinski definition) is 2. The van der Waals surface area contributed by atoms with E-state index in [0.717, 1.165) is 29.8 Å². The molecule has 0 atom stereocenters. The van der Waals surface area contributed by atoms with Gasteiger partial charge in [0.25, 0.3) is 5.91 Å². The first-order chi connectivity index (χ1) is 12.2. The first-order valence-corrected chi connectivity index (χ1v) is 8.27. The molecule has 25 heavy (non-hydrogen) atoms. The molecule has 2 aromatic heterocycles. The Balaban J connectivity index is 1.56. The Kier molecular flexibility index (Phi) is 3.93. The normalized spacial score (nSPS) is 13.5. The number of carbonyl (C=O) groups excluding carboxylic acids is 1. The van der Waals surface area contributed by atoms with Crippen molar-refractivity contribution in [3.05, 3.63) is 87.1 Å². The van der Waals surface area contributed by atoms with Crippen LogP contribution in [0.3, 0.4) is 0 Å². The third-order valence-electron chi connectivity index (χ3n) is 4.55. The topological polar surface area (TPSA) is 81.9 Å². The number of aromatic amines is 2. The van der Waals surface area contributed by atoms with E-state index in [9.17, 15) is 9.59 Å². The molecular formula is C19H18N4O2. The molecule has 1 aromatic carbocycles. The zero-order valence-electron chi connectivity index (χ0n) is 13.7. The second kappa shape index (κ2) is 6.39. The van der Waals surface area contributed by atoms with Crippen molar-refractivity contribution in [2.24, 2.45) is 0 Å². The van der Waals surface area contributed by atoms with Crippen LogP contribution >= 0.6 is 0 Å². The Hall–Kier alpha value is -3.15. The van der Waals surface area contributed by atoms with E-state index in [1.54, 1.807) is 11.0 Å². The van der Waals surface area contributed by atoms with Gasteiger partial charge in [-0.15, -0.1) is 0 Å². The fourth-order valence-electron chi connectivity index (χ4n) is 3.19. The Morgan fingerprint density at radius 2 is 2.00 bits per heavy atom. The smallest absolute Gasteiger partial charge is 0.255 e. The predicted molar refractivity (Wildman–Crippen MR) is 93.3 cm³/mol. The van der Waals surface area contributed by atoms with Crippen molar-refractivity contribution in [1.82, 2.24) is 20.1 Å². The third kappa shape index (κ3) is 3.10. The highest BCUT2D eigenvalue weighted by Crippen LogP contribution is 2.23. The summed E-state index contributed by atoms with van der Waals surface area (Å²) >= 11 is 0. The summed E-state index contributed by atoms with van der Waals surface area (Å²) in [6, 6.07) is 13.1. The summed E-state index contributed by atoms with van der Waals surface area (Å²) in [5.74, 6) is -0.0752. The maximum Gasteiger partial charge on any atom is 0.255 e. The number of H-pyrrole nitrogens is 2. The van der Waals surface area contributed by atoms with Crippen molar-refractivity contribution >= 4 is 5.91 Å². The summed E-state index contributed by atoms with van der Waals surface area (Å²) < 4.78 is 0. The maximum absolute atomic E-state index is 12.7. The molecule has 0 aliphatic carbocycles. The average molecular weight is 334 g/mol. The quantitative estimate of drug-likeness (QED) is 0.767. The molecule has 0 bridgehead atoms. The van der Waals surface area contributed by atoms with Crippen LogP contribution in [0.1, 0.15) is 32.9 Å². The third-order valence-corrected chi connectivity index (χ3v) is 4.55. The van der Waals surface area contributed by atoms with Crippen LogP contribution in [0.5, 0.6) is 0 Å². The number of aromatic nitrogens is 3. The summed E-state index contributed by atoms with van der Waals surface area (Å²) in [6.07, 6.45) is 2.97. The van der Waals surface area contributed by atoms with Gasteiger partial charge in [0.05, 0.1) is 11.3 Å². The number of nitrogens with one attached hydrogen (secondary N) is 2. The molecule has 1 amide bonds. The molecule has 0 saturated carbocycles. The van der Waals surface area contributed by atoms with Gasteiger partial charge in [-0.05, 0) is 11.6 Å². The van der Waals surface area contributed by atoms with Crippen LogP contribution in [-0.4, -0.2) is 32.5 Å². The van der Waals surface area contributed by atoms with E-state index in [0.29, 0.717) is 18.7 Å². The van der Waals surface area contributed by atoms with Gasteiger partial charge in [0.1, 0.15) is 0 Å². The van der Waals surface area contributed by atoms with E-state index in [1.807, 2.05) is 18.2 Å². The lowest BCUT2D eigenvalue weighted by Gasteiger charge is -2.27. The minimum absolute atomic E-state index is 0.0752. The number of rotatable bonds is 3. The molecule has 3 heterocycles. The van der Waals surface area contributed by atoms with Crippen LogP contribution in [0.2, 0.25) is 0 Å². The van der Waals surface area contributed by atoms with Gasteiger partial charge in [-0.2, -0.15) is 5.10 Å². The van der Waals surface area contributed by atoms with Gasteiger partial charge in [-0.25, -0.2) is 0 Å². The van der Waals surface area contributed by atoms with Gasteiger partial charge in [-0.3, -0.25) is 14.7 Å². The van der Waals surface area contributed by atoms with Crippen LogP contribution in [0.4, 0.5) is 0 Å². The fraction of sp³-hybridized carbons (Fsp3) is 0.211. The van der Waals surface area contributed by atoms with E-state index >= 15 is 0 Å². The number of carbonyl (C=O) groups is 1. The average Bonchev–Trinajstić information content (AvgIpc) is 3.05. The van der Waals surface area contributed by atoms with Gasteiger partial charge in [0.2, 0.25) is 5.56 Å². The van der Waals surface area contributed by atoms with Gasteiger partial charge < -0.3 is 9.88 Å². The summed E-state index contributed by atoms with van der Waals surface area (Å²) in [7, 11) is 0. The summed E-state index contributed by atoms with van der Waals surface area (Å²) in [6.45, 7) is 1.17. The van der Waals surface area contributed by atoms with E-state index in [-0.39, 0.29) is 11.5 Å². The van der Waals surface area contributed by atoms with E-state index < -0.39 is 0 Å². The lowest BCUT2D eigenvalue weighted by Crippen LogP contribution is -2.36. The first kappa shape index (κ1) is 15.4. The van der Waals surface area contributed by atoms with Gasteiger partial charge in [0, 0.05) is 49.5 Å². The van der Waals surface area contributed by atoms with Crippen LogP contribution in [-0.2, 0) is 19.4 Å². The molecule has 4 rings (SSSR count). The van der Waals surface area contributed by atoms with Crippen LogP contribution < -0.4 is 5.56 Å². The summed E-state index contributed by atoms with van der Waals surface area (Å²) in [5, 5.41) is 7.58. The van der Waals surface area contributed by atoms with E-state index in [4.69, 9.17) is 0 Å². The Labute approximate surface area is 144 Å². The van der Waals surface area contributed by atoms with Crippen molar-refractivity contribution in [3.63, 3.8) is 0 Å². The molecule has 0 fully saturated rings. The van der Waals surface area contributed by atoms with Crippen LogP contribution in [0, 0.1) is 0 Å². The minimum atomic E-state index is -0.211. The molecule has 0 unspecified atom stereocenters. The second-order valence-corrected chi connectivity index (χ2v) is 6.21. The second-order valence-electron chi connectivity index (χ2n) is 6.21. The Morgan fingerprint density at radius 3 is 2.76 bits per heavy atom. The monoisotopic (exact) mass is 334 g/mol. The van der Waals surface area contributed by atoms with Gasteiger partial charge >= 0.3 is 0 Å². The molecular weight excluding hydrogens is 316 g/mol. The standard InChI is InChI=1S/C19H18N4O2/c24-18-7-6-14(11-20-18)19(25)23-9-8-16-15(12-23)17(22-21-16)10-13-4-2-1-3-5-13/h1-7,11H,8-10,12H2,(H,20,24)(H,21,22). The van der Waals surface area contributed by atoms with Crippen molar-refractivity contribution in [1.29, 1.82) is 0 Å². The van der Waals surface area contributed by atoms with Crippen molar-refractivity contribution < 1.29 is 4.79 Å². The number of pyridine rings is 1. The molecule has 6 nitrogen and oxygen atoms in total. The van der Waals surface area contributed by atoms with Gasteiger partial charge in [-0.1, -0.05) is 30.3 Å². The Morgan fingerprint density at radius 1 is 1.16 bits per heavy atom. The molecule has 3 aromatic rings. The lowest BCUT2D eigenvalue weighted by atomic mass is 10.0. The van der Waals surface area contributed by atoms with Crippen molar-refractivity contribution in [2.75, 3.05) is 6.54 Å². The summed E-state index contributed by atoms with van der Waals surface area (Å²) in [4.78, 5) is 28.2. The SMILES string of the molecule is O=C(c1ccc(=O)[nH]c1)N1CCc2[nH]nc(Cc3ccccc3)c2C1. The molecule has 0 saturated heterocycles. The number of hydrogen-bond acceptors (Lipinski definition) is 3. The zero-order chi connectivity index (χ0) is 17.2. The highest BCUT2D eigenvalue weighted by Gasteiger charge is 2.25. The molecule has 126 valence electrons. The number of nitrogens with zero attached hydrogens (tertiary/aromatic N) is 2. The lowest BCUT2D eigenvalue weighted by molar-refractivity contribution is 0.0733. The maximum atomic E-state index is 12.7. The number of amides is 1. The summed E-state index contributed by atoms with van der Waals surface area (Å²) in [5.41, 5.74) is 4.68. The zero-order valence-corrected chi connectivity index (χ0v) is 13.7. The number of fused-ring (bicyclic) bond motifs is 1. The predicted octanol–water partition coefficient (Wildman–Crippen LogP) is 1.89. The molecule has 1 aliphatic heterocycles. The molecule has 1 aliphatic rings.